The molecule has 0 saturated carbocycles. The van der Waals surface area contributed by atoms with Crippen LogP contribution in [0.1, 0.15) is 31.8 Å². The summed E-state index contributed by atoms with van der Waals surface area (Å²) in [4.78, 5) is 35.0. The molecule has 1 N–H and O–H groups in total. The van der Waals surface area contributed by atoms with Gasteiger partial charge in [-0.2, -0.15) is 0 Å². The van der Waals surface area contributed by atoms with E-state index in [1.54, 1.807) is 36.4 Å². The largest absolute Gasteiger partial charge is 0.493 e. The van der Waals surface area contributed by atoms with Gasteiger partial charge in [-0.05, 0) is 54.1 Å². The summed E-state index contributed by atoms with van der Waals surface area (Å²) in [5, 5.41) is 8.77. The zero-order valence-corrected chi connectivity index (χ0v) is 19.2. The highest BCUT2D eigenvalue weighted by Crippen LogP contribution is 2.29. The minimum atomic E-state index is -1.12. The monoisotopic (exact) mass is 476 g/mol. The molecule has 0 heterocycles. The zero-order chi connectivity index (χ0) is 25.2. The number of esters is 1. The van der Waals surface area contributed by atoms with E-state index in [4.69, 9.17) is 24.1 Å². The van der Waals surface area contributed by atoms with Crippen molar-refractivity contribution in [1.29, 1.82) is 0 Å². The van der Waals surface area contributed by atoms with Gasteiger partial charge in [0.05, 0.1) is 19.8 Å². The van der Waals surface area contributed by atoms with Crippen LogP contribution in [0.2, 0.25) is 0 Å². The number of carbonyl (C=O) groups is 3. The third kappa shape index (κ3) is 6.94. The molecule has 0 aliphatic carbocycles. The van der Waals surface area contributed by atoms with Crippen molar-refractivity contribution in [2.45, 2.75) is 6.61 Å². The van der Waals surface area contributed by atoms with Gasteiger partial charge in [0.15, 0.2) is 23.9 Å². The summed E-state index contributed by atoms with van der Waals surface area (Å²) < 4.78 is 21.0. The number of ketones is 1. The summed E-state index contributed by atoms with van der Waals surface area (Å²) in [6.45, 7) is -0.245. The molecule has 0 amide bonds. The minimum Gasteiger partial charge on any atom is -0.493 e. The Morgan fingerprint density at radius 2 is 1.54 bits per heavy atom. The molecule has 0 unspecified atom stereocenters. The average Bonchev–Trinajstić information content (AvgIpc) is 2.89. The van der Waals surface area contributed by atoms with Crippen molar-refractivity contribution in [1.82, 2.24) is 0 Å². The molecule has 0 aliphatic heterocycles. The van der Waals surface area contributed by atoms with Crippen LogP contribution in [0.4, 0.5) is 0 Å². The first-order valence-electron chi connectivity index (χ1n) is 10.6. The van der Waals surface area contributed by atoms with Gasteiger partial charge in [-0.1, -0.05) is 30.3 Å². The lowest BCUT2D eigenvalue weighted by Gasteiger charge is -2.10. The number of aliphatic carboxylic acids is 1. The predicted octanol–water partition coefficient (Wildman–Crippen LogP) is 4.42. The number of para-hydroxylation sites is 1. The second-order valence-corrected chi connectivity index (χ2v) is 7.26. The van der Waals surface area contributed by atoms with Crippen molar-refractivity contribution < 1.29 is 38.4 Å². The van der Waals surface area contributed by atoms with E-state index in [1.807, 2.05) is 18.2 Å². The summed E-state index contributed by atoms with van der Waals surface area (Å²) in [5.41, 5.74) is 2.38. The topological polar surface area (TPSA) is 108 Å². The van der Waals surface area contributed by atoms with Crippen LogP contribution in [0, 0.1) is 0 Å². The lowest BCUT2D eigenvalue weighted by molar-refractivity contribution is -0.139. The van der Waals surface area contributed by atoms with Crippen LogP contribution in [-0.4, -0.2) is 43.7 Å². The minimum absolute atomic E-state index is 0.230. The smallest absolute Gasteiger partial charge is 0.341 e. The van der Waals surface area contributed by atoms with Gasteiger partial charge in [-0.15, -0.1) is 0 Å². The van der Waals surface area contributed by atoms with E-state index < -0.39 is 18.5 Å². The van der Waals surface area contributed by atoms with Crippen LogP contribution in [0.15, 0.2) is 72.8 Å². The maximum atomic E-state index is 12.7. The van der Waals surface area contributed by atoms with Gasteiger partial charge in [0, 0.05) is 11.1 Å². The Balaban J connectivity index is 1.69. The number of hydrogen-bond donors (Lipinski definition) is 1. The molecule has 0 aromatic heterocycles. The summed E-state index contributed by atoms with van der Waals surface area (Å²) in [6, 6.07) is 18.7. The fraction of sp³-hybridized carbons (Fsp3) is 0.148. The van der Waals surface area contributed by atoms with Crippen molar-refractivity contribution >= 4 is 23.8 Å². The first-order valence-corrected chi connectivity index (χ1v) is 10.6. The molecule has 0 aliphatic rings. The van der Waals surface area contributed by atoms with Gasteiger partial charge < -0.3 is 24.1 Å². The van der Waals surface area contributed by atoms with E-state index in [2.05, 4.69) is 0 Å². The number of hydrogen-bond acceptors (Lipinski definition) is 7. The zero-order valence-electron chi connectivity index (χ0n) is 19.2. The quantitative estimate of drug-likeness (QED) is 0.246. The first kappa shape index (κ1) is 25.0. The number of carbonyl (C=O) groups excluding carboxylic acids is 2. The standard InChI is InChI=1S/C27H24O8/c1-32-25-15-21(12-14-24(25)35-17-26(29)30)22(28)13-11-19-5-3-4-6-23(19)34-16-18-7-9-20(10-8-18)27(31)33-2/h3-15H,16-17H2,1-2H3,(H,29,30). The molecule has 3 aromatic rings. The van der Waals surface area contributed by atoms with Crippen LogP contribution in [0.25, 0.3) is 6.08 Å². The fourth-order valence-corrected chi connectivity index (χ4v) is 3.11. The fourth-order valence-electron chi connectivity index (χ4n) is 3.11. The number of carboxylic acids is 1. The molecule has 0 saturated heterocycles. The van der Waals surface area contributed by atoms with E-state index in [0.29, 0.717) is 22.4 Å². The molecular formula is C27H24O8. The van der Waals surface area contributed by atoms with E-state index in [9.17, 15) is 14.4 Å². The summed E-state index contributed by atoms with van der Waals surface area (Å²) in [6.07, 6.45) is 3.07. The molecule has 8 heteroatoms. The average molecular weight is 476 g/mol. The van der Waals surface area contributed by atoms with Crippen LogP contribution in [-0.2, 0) is 16.1 Å². The molecule has 35 heavy (non-hydrogen) atoms. The van der Waals surface area contributed by atoms with Crippen molar-refractivity contribution in [3.8, 4) is 17.2 Å². The number of carboxylic acid groups (broad SMARTS) is 1. The number of benzene rings is 3. The maximum Gasteiger partial charge on any atom is 0.341 e. The van der Waals surface area contributed by atoms with Gasteiger partial charge in [0.1, 0.15) is 12.4 Å². The Morgan fingerprint density at radius 1 is 0.829 bits per heavy atom. The number of allylic oxidation sites excluding steroid dienone is 1. The number of ether oxygens (including phenoxy) is 4. The van der Waals surface area contributed by atoms with Crippen LogP contribution < -0.4 is 14.2 Å². The van der Waals surface area contributed by atoms with Crippen molar-refractivity contribution in [2.24, 2.45) is 0 Å². The second kappa shape index (κ2) is 12.0. The van der Waals surface area contributed by atoms with Gasteiger partial charge in [0.2, 0.25) is 0 Å². The van der Waals surface area contributed by atoms with Gasteiger partial charge >= 0.3 is 11.9 Å². The molecule has 8 nitrogen and oxygen atoms in total. The molecule has 0 fully saturated rings. The Bertz CT molecular complexity index is 1230. The molecule has 180 valence electrons. The molecule has 0 spiro atoms. The van der Waals surface area contributed by atoms with E-state index in [1.165, 1.54) is 38.5 Å². The first-order chi connectivity index (χ1) is 16.9. The Morgan fingerprint density at radius 3 is 2.23 bits per heavy atom. The van der Waals surface area contributed by atoms with E-state index >= 15 is 0 Å². The predicted molar refractivity (Wildman–Crippen MR) is 128 cm³/mol. The molecule has 3 rings (SSSR count). The Labute approximate surface area is 202 Å². The van der Waals surface area contributed by atoms with Crippen molar-refractivity contribution in [2.75, 3.05) is 20.8 Å². The lowest BCUT2D eigenvalue weighted by Crippen LogP contribution is -2.10. The Kier molecular flexibility index (Phi) is 8.61. The highest BCUT2D eigenvalue weighted by Gasteiger charge is 2.11. The summed E-state index contributed by atoms with van der Waals surface area (Å²) in [5.74, 6) is -0.724. The lowest BCUT2D eigenvalue weighted by atomic mass is 10.1. The summed E-state index contributed by atoms with van der Waals surface area (Å²) >= 11 is 0. The van der Waals surface area contributed by atoms with Crippen LogP contribution in [0.3, 0.4) is 0 Å². The van der Waals surface area contributed by atoms with Gasteiger partial charge in [-0.25, -0.2) is 9.59 Å². The van der Waals surface area contributed by atoms with E-state index in [-0.39, 0.29) is 23.9 Å². The number of rotatable bonds is 11. The van der Waals surface area contributed by atoms with E-state index in [0.717, 1.165) is 5.56 Å². The van der Waals surface area contributed by atoms with Crippen molar-refractivity contribution in [3.63, 3.8) is 0 Å². The molecular weight excluding hydrogens is 452 g/mol. The van der Waals surface area contributed by atoms with Crippen LogP contribution in [0.5, 0.6) is 17.2 Å². The molecule has 3 aromatic carbocycles. The SMILES string of the molecule is COC(=O)c1ccc(COc2ccccc2C=CC(=O)c2ccc(OCC(=O)O)c(OC)c2)cc1. The highest BCUT2D eigenvalue weighted by atomic mass is 16.5. The van der Waals surface area contributed by atoms with Crippen molar-refractivity contribution in [3.05, 3.63) is 95.1 Å². The van der Waals surface area contributed by atoms with Crippen LogP contribution >= 0.6 is 0 Å². The summed E-state index contributed by atoms with van der Waals surface area (Å²) in [7, 11) is 2.74. The molecule has 0 bridgehead atoms. The normalized spacial score (nSPS) is 10.6. The van der Waals surface area contributed by atoms with Gasteiger partial charge in [0.25, 0.3) is 0 Å². The van der Waals surface area contributed by atoms with Gasteiger partial charge in [-0.3, -0.25) is 4.79 Å². The maximum absolute atomic E-state index is 12.7. The Hall–Kier alpha value is -4.59. The second-order valence-electron chi connectivity index (χ2n) is 7.26. The highest BCUT2D eigenvalue weighted by molar-refractivity contribution is 6.07. The number of methoxy groups -OCH3 is 2. The third-order valence-corrected chi connectivity index (χ3v) is 4.90. The molecule has 0 atom stereocenters. The third-order valence-electron chi connectivity index (χ3n) is 4.90. The molecule has 0 radical (unpaired) electrons.